The molecule has 0 radical (unpaired) electrons. The zero-order chi connectivity index (χ0) is 18.4. The predicted octanol–water partition coefficient (Wildman–Crippen LogP) is 0.962. The molecule has 2 fully saturated rings. The highest BCUT2D eigenvalue weighted by Gasteiger charge is 2.25. The molecular weight excluding hydrogens is 334 g/mol. The monoisotopic (exact) mass is 361 g/mol. The Morgan fingerprint density at radius 3 is 2.77 bits per heavy atom. The lowest BCUT2D eigenvalue weighted by atomic mass is 10.1. The Bertz CT molecular complexity index is 622. The minimum atomic E-state index is -0.400. The van der Waals surface area contributed by atoms with Crippen LogP contribution in [0.15, 0.2) is 12.4 Å². The summed E-state index contributed by atoms with van der Waals surface area (Å²) in [7, 11) is 0. The van der Waals surface area contributed by atoms with E-state index in [-0.39, 0.29) is 18.5 Å². The van der Waals surface area contributed by atoms with E-state index in [1.54, 1.807) is 0 Å². The molecule has 1 atom stereocenters. The molecule has 0 saturated carbocycles. The lowest BCUT2D eigenvalue weighted by Gasteiger charge is -2.21. The normalized spacial score (nSPS) is 21.3. The molecule has 1 aromatic heterocycles. The van der Waals surface area contributed by atoms with Crippen LogP contribution >= 0.6 is 0 Å². The fourth-order valence-electron chi connectivity index (χ4n) is 3.38. The number of rotatable bonds is 6. The van der Waals surface area contributed by atoms with Crippen LogP contribution < -0.4 is 5.32 Å². The van der Waals surface area contributed by atoms with Gasteiger partial charge in [-0.15, -0.1) is 0 Å². The van der Waals surface area contributed by atoms with Gasteiger partial charge in [-0.25, -0.2) is 14.8 Å². The van der Waals surface area contributed by atoms with Gasteiger partial charge >= 0.3 is 6.09 Å². The van der Waals surface area contributed by atoms with Gasteiger partial charge in [-0.3, -0.25) is 14.6 Å². The van der Waals surface area contributed by atoms with E-state index in [4.69, 9.17) is 4.74 Å². The molecule has 1 N–H and O–H groups in total. The van der Waals surface area contributed by atoms with Gasteiger partial charge in [0.15, 0.2) is 0 Å². The second-order valence-electron chi connectivity index (χ2n) is 6.87. The number of aromatic nitrogens is 2. The van der Waals surface area contributed by atoms with Gasteiger partial charge in [0.2, 0.25) is 5.91 Å². The fraction of sp³-hybridized carbons (Fsp3) is 0.667. The second-order valence-corrected chi connectivity index (χ2v) is 6.87. The van der Waals surface area contributed by atoms with E-state index in [0.29, 0.717) is 13.2 Å². The van der Waals surface area contributed by atoms with Crippen LogP contribution in [-0.4, -0.2) is 70.6 Å². The van der Waals surface area contributed by atoms with E-state index in [1.807, 2.05) is 19.3 Å². The summed E-state index contributed by atoms with van der Waals surface area (Å²) in [5.41, 5.74) is 1.12. The summed E-state index contributed by atoms with van der Waals surface area (Å²) in [6.45, 7) is 5.75. The third-order valence-corrected chi connectivity index (χ3v) is 4.85. The summed E-state index contributed by atoms with van der Waals surface area (Å²) in [6.07, 6.45) is 7.16. The molecule has 1 unspecified atom stereocenters. The van der Waals surface area contributed by atoms with Crippen molar-refractivity contribution >= 4 is 12.0 Å². The molecule has 3 heterocycles. The Morgan fingerprint density at radius 2 is 2.08 bits per heavy atom. The number of carbonyl (C=O) groups is 2. The van der Waals surface area contributed by atoms with Gasteiger partial charge in [0, 0.05) is 43.5 Å². The minimum Gasteiger partial charge on any atom is -0.448 e. The number of ether oxygens (including phenoxy) is 1. The van der Waals surface area contributed by atoms with Gasteiger partial charge in [0.05, 0.1) is 6.54 Å². The maximum absolute atomic E-state index is 12.2. The Balaban J connectivity index is 1.43. The van der Waals surface area contributed by atoms with Crippen LogP contribution in [0, 0.1) is 0 Å². The molecule has 1 aromatic rings. The molecule has 2 aliphatic heterocycles. The van der Waals surface area contributed by atoms with E-state index in [1.165, 1.54) is 4.90 Å². The number of aryl methyl sites for hydroxylation is 1. The third-order valence-electron chi connectivity index (χ3n) is 4.85. The third kappa shape index (κ3) is 5.14. The average Bonchev–Trinajstić information content (AvgIpc) is 2.91. The molecule has 8 nitrogen and oxygen atoms in total. The van der Waals surface area contributed by atoms with E-state index >= 15 is 0 Å². The van der Waals surface area contributed by atoms with Crippen LogP contribution in [0.4, 0.5) is 4.79 Å². The first-order valence-electron chi connectivity index (χ1n) is 9.37. The molecule has 142 valence electrons. The Hall–Kier alpha value is -2.22. The van der Waals surface area contributed by atoms with Gasteiger partial charge in [0.25, 0.3) is 0 Å². The molecule has 3 rings (SSSR count). The number of hydrogen-bond acceptors (Lipinski definition) is 6. The predicted molar refractivity (Wildman–Crippen MR) is 95.4 cm³/mol. The van der Waals surface area contributed by atoms with Crippen LogP contribution in [0.2, 0.25) is 0 Å². The van der Waals surface area contributed by atoms with Crippen molar-refractivity contribution in [2.75, 3.05) is 32.8 Å². The molecular formula is C18H27N5O3. The zero-order valence-electron chi connectivity index (χ0n) is 15.3. The number of nitrogens with zero attached hydrogens (tertiary/aromatic N) is 4. The smallest absolute Gasteiger partial charge is 0.410 e. The van der Waals surface area contributed by atoms with Crippen LogP contribution in [0.25, 0.3) is 0 Å². The Morgan fingerprint density at radius 1 is 1.27 bits per heavy atom. The summed E-state index contributed by atoms with van der Waals surface area (Å²) in [6, 6.07) is 0.157. The summed E-state index contributed by atoms with van der Waals surface area (Å²) in [4.78, 5) is 36.1. The molecule has 8 heteroatoms. The van der Waals surface area contributed by atoms with Gasteiger partial charge < -0.3 is 10.1 Å². The van der Waals surface area contributed by atoms with Crippen molar-refractivity contribution in [3.63, 3.8) is 0 Å². The molecule has 2 saturated heterocycles. The van der Waals surface area contributed by atoms with Crippen molar-refractivity contribution < 1.29 is 14.3 Å². The molecule has 2 amide bonds. The summed E-state index contributed by atoms with van der Waals surface area (Å²) in [5, 5.41) is 3.07. The van der Waals surface area contributed by atoms with Gasteiger partial charge in [-0.05, 0) is 25.8 Å². The van der Waals surface area contributed by atoms with E-state index < -0.39 is 6.09 Å². The van der Waals surface area contributed by atoms with Crippen molar-refractivity contribution in [3.8, 4) is 0 Å². The van der Waals surface area contributed by atoms with Gasteiger partial charge in [-0.1, -0.05) is 6.92 Å². The molecule has 0 bridgehead atoms. The van der Waals surface area contributed by atoms with Crippen LogP contribution in [0.5, 0.6) is 0 Å². The lowest BCUT2D eigenvalue weighted by Crippen LogP contribution is -2.42. The van der Waals surface area contributed by atoms with Crippen molar-refractivity contribution in [3.05, 3.63) is 23.8 Å². The standard InChI is InChI=1S/C18H27N5O3/c1-2-16-19-10-14(11-20-16)12-22-6-3-4-15(5-7-22)21-17(24)13-23-8-9-26-18(23)25/h10-11,15H,2-9,12-13H2,1H3,(H,21,24). The summed E-state index contributed by atoms with van der Waals surface area (Å²) in [5.74, 6) is 0.764. The topological polar surface area (TPSA) is 87.7 Å². The van der Waals surface area contributed by atoms with Crippen molar-refractivity contribution in [2.45, 2.75) is 45.2 Å². The first-order valence-corrected chi connectivity index (χ1v) is 9.37. The minimum absolute atomic E-state index is 0.0835. The number of amides is 2. The highest BCUT2D eigenvalue weighted by atomic mass is 16.6. The average molecular weight is 361 g/mol. The van der Waals surface area contributed by atoms with Crippen LogP contribution in [0.1, 0.15) is 37.6 Å². The molecule has 0 spiro atoms. The van der Waals surface area contributed by atoms with Crippen molar-refractivity contribution in [1.82, 2.24) is 25.1 Å². The summed E-state index contributed by atoms with van der Waals surface area (Å²) < 4.78 is 4.85. The zero-order valence-corrected chi connectivity index (χ0v) is 15.3. The van der Waals surface area contributed by atoms with Gasteiger partial charge in [-0.2, -0.15) is 0 Å². The Labute approximate surface area is 153 Å². The van der Waals surface area contributed by atoms with Crippen LogP contribution in [-0.2, 0) is 22.5 Å². The maximum Gasteiger partial charge on any atom is 0.410 e. The maximum atomic E-state index is 12.2. The first kappa shape index (κ1) is 18.6. The fourth-order valence-corrected chi connectivity index (χ4v) is 3.38. The van der Waals surface area contributed by atoms with Crippen molar-refractivity contribution in [1.29, 1.82) is 0 Å². The van der Waals surface area contributed by atoms with Crippen LogP contribution in [0.3, 0.4) is 0 Å². The number of hydrogen-bond donors (Lipinski definition) is 1. The summed E-state index contributed by atoms with van der Waals surface area (Å²) >= 11 is 0. The van der Waals surface area contributed by atoms with E-state index in [2.05, 4.69) is 20.2 Å². The quantitative estimate of drug-likeness (QED) is 0.812. The number of cyclic esters (lactones) is 1. The molecule has 2 aliphatic rings. The molecule has 26 heavy (non-hydrogen) atoms. The number of carbonyl (C=O) groups excluding carboxylic acids is 2. The molecule has 0 aromatic carbocycles. The van der Waals surface area contributed by atoms with E-state index in [9.17, 15) is 9.59 Å². The Kier molecular flexibility index (Phi) is 6.38. The van der Waals surface area contributed by atoms with Crippen molar-refractivity contribution in [2.24, 2.45) is 0 Å². The largest absolute Gasteiger partial charge is 0.448 e. The molecule has 0 aliphatic carbocycles. The second kappa shape index (κ2) is 8.93. The number of likely N-dealkylation sites (tertiary alicyclic amines) is 1. The SMILES string of the molecule is CCc1ncc(CN2CCCC(NC(=O)CN3CCOC3=O)CC2)cn1. The highest BCUT2D eigenvalue weighted by Crippen LogP contribution is 2.14. The number of nitrogens with one attached hydrogen (secondary N) is 1. The highest BCUT2D eigenvalue weighted by molar-refractivity contribution is 5.82. The van der Waals surface area contributed by atoms with Gasteiger partial charge in [0.1, 0.15) is 19.0 Å². The lowest BCUT2D eigenvalue weighted by molar-refractivity contribution is -0.122. The van der Waals surface area contributed by atoms with E-state index in [0.717, 1.165) is 56.7 Å². The first-order chi connectivity index (χ1) is 12.6.